The Bertz CT molecular complexity index is 787. The maximum atomic E-state index is 12.8. The summed E-state index contributed by atoms with van der Waals surface area (Å²) >= 11 is 0. The number of rotatable bonds is 9. The molecule has 0 saturated heterocycles. The highest BCUT2D eigenvalue weighted by Gasteiger charge is 2.34. The van der Waals surface area contributed by atoms with Gasteiger partial charge in [0.2, 0.25) is 5.91 Å². The van der Waals surface area contributed by atoms with Gasteiger partial charge in [-0.3, -0.25) is 14.6 Å². The van der Waals surface area contributed by atoms with Gasteiger partial charge in [0.25, 0.3) is 5.91 Å². The Morgan fingerprint density at radius 1 is 1.14 bits per heavy atom. The largest absolute Gasteiger partial charge is 0.475 e. The average Bonchev–Trinajstić information content (AvgIpc) is 3.52. The first-order valence-corrected chi connectivity index (χ1v) is 9.30. The summed E-state index contributed by atoms with van der Waals surface area (Å²) in [4.78, 5) is 33.1. The Labute approximate surface area is 163 Å². The van der Waals surface area contributed by atoms with Crippen LogP contribution < -0.4 is 10.6 Å². The maximum Gasteiger partial charge on any atom is 0.475 e. The normalized spacial score (nSPS) is 15.4. The van der Waals surface area contributed by atoms with Crippen molar-refractivity contribution in [3.63, 3.8) is 0 Å². The van der Waals surface area contributed by atoms with E-state index in [1.165, 1.54) is 18.6 Å². The zero-order valence-corrected chi connectivity index (χ0v) is 15.4. The lowest BCUT2D eigenvalue weighted by Gasteiger charge is -2.23. The molecular formula is C19H23BN4O4. The van der Waals surface area contributed by atoms with Gasteiger partial charge in [0, 0.05) is 18.8 Å². The van der Waals surface area contributed by atoms with Crippen molar-refractivity contribution in [3.8, 4) is 0 Å². The zero-order chi connectivity index (χ0) is 19.9. The third kappa shape index (κ3) is 5.87. The number of nitrogens with zero attached hydrogens (tertiary/aromatic N) is 2. The first kappa shape index (κ1) is 20.0. The lowest BCUT2D eigenvalue weighted by molar-refractivity contribution is -0.123. The van der Waals surface area contributed by atoms with Crippen LogP contribution in [-0.4, -0.2) is 50.9 Å². The molecule has 2 amide bonds. The van der Waals surface area contributed by atoms with E-state index in [2.05, 4.69) is 20.6 Å². The average molecular weight is 382 g/mol. The summed E-state index contributed by atoms with van der Waals surface area (Å²) in [7, 11) is -1.65. The molecule has 4 N–H and O–H groups in total. The molecule has 0 bridgehead atoms. The summed E-state index contributed by atoms with van der Waals surface area (Å²) in [5, 5.41) is 24.6. The summed E-state index contributed by atoms with van der Waals surface area (Å²) < 4.78 is 0. The fourth-order valence-electron chi connectivity index (χ4n) is 2.96. The van der Waals surface area contributed by atoms with Crippen LogP contribution in [-0.2, 0) is 11.2 Å². The lowest BCUT2D eigenvalue weighted by atomic mass is 9.76. The molecule has 1 fully saturated rings. The van der Waals surface area contributed by atoms with Gasteiger partial charge in [-0.2, -0.15) is 0 Å². The molecule has 2 atom stereocenters. The SMILES string of the molecule is O=C(N[C@@H](Cc1ccccc1)C(=O)NC(CC1CC1)B(O)O)c1cnccn1. The number of nitrogens with one attached hydrogen (secondary N) is 2. The summed E-state index contributed by atoms with van der Waals surface area (Å²) in [6.45, 7) is 0. The third-order valence-corrected chi connectivity index (χ3v) is 4.67. The van der Waals surface area contributed by atoms with Crippen molar-refractivity contribution in [2.45, 2.75) is 37.7 Å². The molecule has 1 aliphatic rings. The van der Waals surface area contributed by atoms with E-state index in [1.54, 1.807) is 0 Å². The highest BCUT2D eigenvalue weighted by Crippen LogP contribution is 2.33. The first-order valence-electron chi connectivity index (χ1n) is 9.30. The maximum absolute atomic E-state index is 12.8. The highest BCUT2D eigenvalue weighted by molar-refractivity contribution is 6.43. The van der Waals surface area contributed by atoms with Gasteiger partial charge in [-0.1, -0.05) is 43.2 Å². The monoisotopic (exact) mass is 382 g/mol. The number of aromatic nitrogens is 2. The van der Waals surface area contributed by atoms with Gasteiger partial charge in [0.1, 0.15) is 11.7 Å². The van der Waals surface area contributed by atoms with Crippen LogP contribution in [0.3, 0.4) is 0 Å². The minimum absolute atomic E-state index is 0.102. The van der Waals surface area contributed by atoms with Gasteiger partial charge in [-0.25, -0.2) is 4.98 Å². The molecule has 2 aromatic rings. The van der Waals surface area contributed by atoms with Crippen molar-refractivity contribution in [1.29, 1.82) is 0 Å². The van der Waals surface area contributed by atoms with Gasteiger partial charge in [0.15, 0.2) is 0 Å². The molecule has 1 heterocycles. The van der Waals surface area contributed by atoms with E-state index in [0.29, 0.717) is 12.3 Å². The minimum Gasteiger partial charge on any atom is -0.426 e. The number of hydrogen-bond donors (Lipinski definition) is 4. The molecule has 9 heteroatoms. The number of carbonyl (C=O) groups is 2. The molecule has 8 nitrogen and oxygen atoms in total. The standard InChI is InChI=1S/C19H23BN4O4/c25-18(24-17(20(27)28)11-14-6-7-14)15(10-13-4-2-1-3-5-13)23-19(26)16-12-21-8-9-22-16/h1-5,8-9,12,14-15,17,27-28H,6-7,10-11H2,(H,23,26)(H,24,25)/t15-,17?/m0/s1. The van der Waals surface area contributed by atoms with Gasteiger partial charge in [0.05, 0.1) is 12.1 Å². The van der Waals surface area contributed by atoms with E-state index in [0.717, 1.165) is 18.4 Å². The summed E-state index contributed by atoms with van der Waals surface area (Å²) in [6, 6.07) is 8.39. The Morgan fingerprint density at radius 3 is 2.50 bits per heavy atom. The molecule has 3 rings (SSSR count). The number of carbonyl (C=O) groups excluding carboxylic acids is 2. The predicted octanol–water partition coefficient (Wildman–Crippen LogP) is 0.115. The van der Waals surface area contributed by atoms with Crippen LogP contribution in [0.1, 0.15) is 35.3 Å². The molecule has 1 aromatic heterocycles. The van der Waals surface area contributed by atoms with E-state index < -0.39 is 30.9 Å². The van der Waals surface area contributed by atoms with Crippen LogP contribution in [0.15, 0.2) is 48.9 Å². The van der Waals surface area contributed by atoms with Crippen LogP contribution in [0, 0.1) is 5.92 Å². The fraction of sp³-hybridized carbons (Fsp3) is 0.368. The van der Waals surface area contributed by atoms with E-state index in [-0.39, 0.29) is 12.1 Å². The Balaban J connectivity index is 1.72. The van der Waals surface area contributed by atoms with E-state index >= 15 is 0 Å². The second-order valence-electron chi connectivity index (χ2n) is 7.01. The van der Waals surface area contributed by atoms with Crippen LogP contribution >= 0.6 is 0 Å². The number of hydrogen-bond acceptors (Lipinski definition) is 6. The molecule has 0 spiro atoms. The van der Waals surface area contributed by atoms with Crippen molar-refractivity contribution in [2.24, 2.45) is 5.92 Å². The van der Waals surface area contributed by atoms with Crippen molar-refractivity contribution >= 4 is 18.9 Å². The number of benzene rings is 1. The van der Waals surface area contributed by atoms with Crippen molar-refractivity contribution in [2.75, 3.05) is 0 Å². The fourth-order valence-corrected chi connectivity index (χ4v) is 2.96. The van der Waals surface area contributed by atoms with Gasteiger partial charge in [-0.05, 0) is 17.9 Å². The Morgan fingerprint density at radius 2 is 1.89 bits per heavy atom. The summed E-state index contributed by atoms with van der Waals surface area (Å²) in [5.74, 6) is -1.37. The second-order valence-corrected chi connectivity index (χ2v) is 7.01. The smallest absolute Gasteiger partial charge is 0.426 e. The molecule has 1 aromatic carbocycles. The molecule has 28 heavy (non-hydrogen) atoms. The molecule has 1 saturated carbocycles. The minimum atomic E-state index is -1.65. The molecule has 0 aliphatic heterocycles. The van der Waals surface area contributed by atoms with Gasteiger partial charge in [-0.15, -0.1) is 0 Å². The molecule has 146 valence electrons. The third-order valence-electron chi connectivity index (χ3n) is 4.67. The second kappa shape index (κ2) is 9.43. The van der Waals surface area contributed by atoms with E-state index in [9.17, 15) is 19.6 Å². The molecule has 0 radical (unpaired) electrons. The quantitative estimate of drug-likeness (QED) is 0.457. The highest BCUT2D eigenvalue weighted by atomic mass is 16.4. The van der Waals surface area contributed by atoms with Crippen molar-refractivity contribution < 1.29 is 19.6 Å². The van der Waals surface area contributed by atoms with E-state index in [4.69, 9.17) is 0 Å². The van der Waals surface area contributed by atoms with Crippen LogP contribution in [0.25, 0.3) is 0 Å². The predicted molar refractivity (Wildman–Crippen MR) is 103 cm³/mol. The number of amides is 2. The van der Waals surface area contributed by atoms with E-state index in [1.807, 2.05) is 30.3 Å². The zero-order valence-electron chi connectivity index (χ0n) is 15.4. The van der Waals surface area contributed by atoms with Gasteiger partial charge < -0.3 is 20.7 Å². The van der Waals surface area contributed by atoms with Crippen LogP contribution in [0.4, 0.5) is 0 Å². The first-order chi connectivity index (χ1) is 13.5. The summed E-state index contributed by atoms with van der Waals surface area (Å²) in [5.41, 5.74) is 0.968. The topological polar surface area (TPSA) is 124 Å². The molecule has 1 unspecified atom stereocenters. The molecular weight excluding hydrogens is 359 g/mol. The van der Waals surface area contributed by atoms with Crippen molar-refractivity contribution in [3.05, 3.63) is 60.2 Å². The van der Waals surface area contributed by atoms with Gasteiger partial charge >= 0.3 is 7.12 Å². The van der Waals surface area contributed by atoms with Crippen LogP contribution in [0.5, 0.6) is 0 Å². The Kier molecular flexibility index (Phi) is 6.73. The summed E-state index contributed by atoms with van der Waals surface area (Å²) in [6.07, 6.45) is 6.98. The van der Waals surface area contributed by atoms with Crippen molar-refractivity contribution in [1.82, 2.24) is 20.6 Å². The Hall–Kier alpha value is -2.78. The molecule has 1 aliphatic carbocycles. The van der Waals surface area contributed by atoms with Crippen LogP contribution in [0.2, 0.25) is 0 Å². The lowest BCUT2D eigenvalue weighted by Crippen LogP contribution is -2.54.